The molecule has 3 rings (SSSR count). The molecular formula is C14H19N5S2. The van der Waals surface area contributed by atoms with Crippen molar-refractivity contribution < 1.29 is 0 Å². The van der Waals surface area contributed by atoms with Crippen molar-refractivity contribution in [3.8, 4) is 0 Å². The number of hydrogen-bond acceptors (Lipinski definition) is 6. The van der Waals surface area contributed by atoms with Gasteiger partial charge in [-0.1, -0.05) is 32.1 Å². The van der Waals surface area contributed by atoms with E-state index in [2.05, 4.69) is 46.1 Å². The second-order valence-electron chi connectivity index (χ2n) is 6.23. The number of imidazole rings is 1. The van der Waals surface area contributed by atoms with Gasteiger partial charge < -0.3 is 4.90 Å². The first-order chi connectivity index (χ1) is 9.83. The SMILES string of the molecule is Cc1csc(CN(C)c2nn3cc(C(C)(C)C)nc3s2)n1. The number of fused-ring (bicyclic) bond motifs is 1. The highest BCUT2D eigenvalue weighted by atomic mass is 32.1. The molecule has 5 nitrogen and oxygen atoms in total. The summed E-state index contributed by atoms with van der Waals surface area (Å²) in [6, 6.07) is 0. The molecule has 0 saturated carbocycles. The van der Waals surface area contributed by atoms with Crippen molar-refractivity contribution in [3.63, 3.8) is 0 Å². The minimum Gasteiger partial charge on any atom is -0.343 e. The van der Waals surface area contributed by atoms with Crippen molar-refractivity contribution >= 4 is 32.8 Å². The Balaban J connectivity index is 1.82. The third-order valence-electron chi connectivity index (χ3n) is 3.17. The summed E-state index contributed by atoms with van der Waals surface area (Å²) in [5.74, 6) is 0. The van der Waals surface area contributed by atoms with Crippen LogP contribution in [0.25, 0.3) is 4.96 Å². The van der Waals surface area contributed by atoms with Crippen LogP contribution in [0.4, 0.5) is 5.13 Å². The number of rotatable bonds is 3. The molecule has 0 aliphatic rings. The quantitative estimate of drug-likeness (QED) is 0.741. The van der Waals surface area contributed by atoms with Gasteiger partial charge >= 0.3 is 0 Å². The monoisotopic (exact) mass is 321 g/mol. The molecule has 0 spiro atoms. The molecule has 0 N–H and O–H groups in total. The van der Waals surface area contributed by atoms with E-state index >= 15 is 0 Å². The lowest BCUT2D eigenvalue weighted by Crippen LogP contribution is -2.16. The lowest BCUT2D eigenvalue weighted by Gasteiger charge is -2.14. The van der Waals surface area contributed by atoms with Gasteiger partial charge in [-0.3, -0.25) is 0 Å². The average molecular weight is 321 g/mol. The maximum atomic E-state index is 4.68. The van der Waals surface area contributed by atoms with Gasteiger partial charge in [-0.15, -0.1) is 16.4 Å². The lowest BCUT2D eigenvalue weighted by atomic mass is 9.93. The maximum Gasteiger partial charge on any atom is 0.214 e. The molecule has 21 heavy (non-hydrogen) atoms. The van der Waals surface area contributed by atoms with Crippen molar-refractivity contribution in [1.29, 1.82) is 0 Å². The Labute approximate surface area is 132 Å². The number of aryl methyl sites for hydroxylation is 1. The molecule has 0 aliphatic carbocycles. The van der Waals surface area contributed by atoms with Crippen LogP contribution < -0.4 is 4.90 Å². The van der Waals surface area contributed by atoms with Gasteiger partial charge in [0, 0.05) is 23.5 Å². The van der Waals surface area contributed by atoms with E-state index in [0.29, 0.717) is 0 Å². The highest BCUT2D eigenvalue weighted by molar-refractivity contribution is 7.20. The van der Waals surface area contributed by atoms with Crippen molar-refractivity contribution in [2.75, 3.05) is 11.9 Å². The third kappa shape index (κ3) is 2.94. The van der Waals surface area contributed by atoms with Crippen molar-refractivity contribution in [2.45, 2.75) is 39.7 Å². The summed E-state index contributed by atoms with van der Waals surface area (Å²) in [7, 11) is 2.04. The van der Waals surface area contributed by atoms with E-state index in [0.717, 1.165) is 33.0 Å². The fourth-order valence-electron chi connectivity index (χ4n) is 1.95. The molecule has 0 aliphatic heterocycles. The van der Waals surface area contributed by atoms with Crippen LogP contribution in [0.2, 0.25) is 0 Å². The van der Waals surface area contributed by atoms with Crippen molar-refractivity contribution in [1.82, 2.24) is 19.6 Å². The molecule has 3 heterocycles. The third-order valence-corrected chi connectivity index (χ3v) is 5.15. The molecule has 0 atom stereocenters. The normalized spacial score (nSPS) is 12.2. The summed E-state index contributed by atoms with van der Waals surface area (Å²) < 4.78 is 1.88. The standard InChI is InChI=1S/C14H19N5S2/c1-9-8-20-11(15-9)7-18(5)13-17-19-6-10(14(2,3)4)16-12(19)21-13/h6,8H,7H2,1-5H3. The first kappa shape index (κ1) is 14.5. The highest BCUT2D eigenvalue weighted by Gasteiger charge is 2.20. The smallest absolute Gasteiger partial charge is 0.214 e. The molecule has 3 aromatic heterocycles. The maximum absolute atomic E-state index is 4.68. The predicted molar refractivity (Wildman–Crippen MR) is 88.5 cm³/mol. The van der Waals surface area contributed by atoms with E-state index in [-0.39, 0.29) is 5.41 Å². The molecule has 0 radical (unpaired) electrons. The molecule has 112 valence electrons. The Morgan fingerprint density at radius 1 is 1.29 bits per heavy atom. The molecule has 0 saturated heterocycles. The van der Waals surface area contributed by atoms with Crippen molar-refractivity contribution in [3.05, 3.63) is 28.0 Å². The molecule has 7 heteroatoms. The van der Waals surface area contributed by atoms with E-state index in [1.54, 1.807) is 22.7 Å². The first-order valence-corrected chi connectivity index (χ1v) is 8.51. The van der Waals surface area contributed by atoms with E-state index in [9.17, 15) is 0 Å². The van der Waals surface area contributed by atoms with E-state index in [1.165, 1.54) is 0 Å². The topological polar surface area (TPSA) is 46.3 Å². The Morgan fingerprint density at radius 2 is 2.05 bits per heavy atom. The summed E-state index contributed by atoms with van der Waals surface area (Å²) in [6.45, 7) is 9.29. The minimum atomic E-state index is 0.0535. The first-order valence-electron chi connectivity index (χ1n) is 6.82. The molecule has 0 amide bonds. The summed E-state index contributed by atoms with van der Waals surface area (Å²) in [6.07, 6.45) is 2.02. The van der Waals surface area contributed by atoms with Gasteiger partial charge in [-0.05, 0) is 6.92 Å². The van der Waals surface area contributed by atoms with Gasteiger partial charge in [-0.2, -0.15) is 0 Å². The van der Waals surface area contributed by atoms with Gasteiger partial charge in [0.05, 0.1) is 18.4 Å². The molecular weight excluding hydrogens is 302 g/mol. The fraction of sp³-hybridized carbons (Fsp3) is 0.500. The van der Waals surface area contributed by atoms with Crippen LogP contribution in [0.5, 0.6) is 0 Å². The van der Waals surface area contributed by atoms with Crippen LogP contribution in [-0.2, 0) is 12.0 Å². The Bertz CT molecular complexity index is 730. The van der Waals surface area contributed by atoms with Gasteiger partial charge in [-0.25, -0.2) is 14.5 Å². The average Bonchev–Trinajstić information content (AvgIpc) is 3.01. The van der Waals surface area contributed by atoms with Crippen molar-refractivity contribution in [2.24, 2.45) is 0 Å². The molecule has 0 unspecified atom stereocenters. The Kier molecular flexibility index (Phi) is 3.49. The van der Waals surface area contributed by atoms with Crippen LogP contribution >= 0.6 is 22.7 Å². The number of aromatic nitrogens is 4. The van der Waals surface area contributed by atoms with Crippen LogP contribution in [-0.4, -0.2) is 26.6 Å². The summed E-state index contributed by atoms with van der Waals surface area (Å²) in [5, 5.41) is 8.78. The van der Waals surface area contributed by atoms with Gasteiger partial charge in [0.2, 0.25) is 10.1 Å². The Hall–Kier alpha value is -1.47. The zero-order valence-corrected chi connectivity index (χ0v) is 14.5. The number of thiazole rings is 1. The summed E-state index contributed by atoms with van der Waals surface area (Å²) in [5.41, 5.74) is 2.20. The predicted octanol–water partition coefficient (Wildman–Crippen LogP) is 3.49. The molecule has 0 aromatic carbocycles. The zero-order chi connectivity index (χ0) is 15.2. The minimum absolute atomic E-state index is 0.0535. The molecule has 0 fully saturated rings. The van der Waals surface area contributed by atoms with E-state index < -0.39 is 0 Å². The highest BCUT2D eigenvalue weighted by Crippen LogP contribution is 2.27. The second kappa shape index (κ2) is 5.06. The zero-order valence-electron chi connectivity index (χ0n) is 12.9. The number of nitrogens with zero attached hydrogens (tertiary/aromatic N) is 5. The van der Waals surface area contributed by atoms with Crippen LogP contribution in [0.1, 0.15) is 37.2 Å². The summed E-state index contributed by atoms with van der Waals surface area (Å²) >= 11 is 3.30. The Morgan fingerprint density at radius 3 is 2.62 bits per heavy atom. The van der Waals surface area contributed by atoms with Crippen LogP contribution in [0.15, 0.2) is 11.6 Å². The number of anilines is 1. The lowest BCUT2D eigenvalue weighted by molar-refractivity contribution is 0.572. The van der Waals surface area contributed by atoms with Crippen LogP contribution in [0, 0.1) is 6.92 Å². The van der Waals surface area contributed by atoms with E-state index in [1.807, 2.05) is 24.7 Å². The van der Waals surface area contributed by atoms with Gasteiger partial charge in [0.15, 0.2) is 0 Å². The number of hydrogen-bond donors (Lipinski definition) is 0. The largest absolute Gasteiger partial charge is 0.343 e. The second-order valence-corrected chi connectivity index (χ2v) is 8.10. The van der Waals surface area contributed by atoms with Gasteiger partial charge in [0.25, 0.3) is 0 Å². The van der Waals surface area contributed by atoms with E-state index in [4.69, 9.17) is 0 Å². The summed E-state index contributed by atoms with van der Waals surface area (Å²) in [4.78, 5) is 12.2. The molecule has 0 bridgehead atoms. The fourth-order valence-corrected chi connectivity index (χ4v) is 3.62. The molecule has 3 aromatic rings. The van der Waals surface area contributed by atoms with Crippen LogP contribution in [0.3, 0.4) is 0 Å². The van der Waals surface area contributed by atoms with Gasteiger partial charge in [0.1, 0.15) is 5.01 Å².